The van der Waals surface area contributed by atoms with Crippen LogP contribution in [-0.4, -0.2) is 46.3 Å². The SMILES string of the molecule is CCNC(=O)Cn1ccc(NC(=O)N2CC3C(C2)C3(C)C)n1. The second-order valence-electron chi connectivity index (χ2n) is 6.72. The number of nitrogens with one attached hydrogen (secondary N) is 2. The first-order valence-electron chi connectivity index (χ1n) is 7.78. The molecule has 0 radical (unpaired) electrons. The van der Waals surface area contributed by atoms with Crippen LogP contribution in [0.4, 0.5) is 10.6 Å². The minimum absolute atomic E-state index is 0.0923. The zero-order chi connectivity index (χ0) is 15.9. The van der Waals surface area contributed by atoms with Crippen LogP contribution < -0.4 is 10.6 Å². The summed E-state index contributed by atoms with van der Waals surface area (Å²) < 4.78 is 1.52. The molecule has 1 saturated heterocycles. The van der Waals surface area contributed by atoms with Crippen molar-refractivity contribution >= 4 is 17.8 Å². The topological polar surface area (TPSA) is 79.3 Å². The lowest BCUT2D eigenvalue weighted by molar-refractivity contribution is -0.121. The van der Waals surface area contributed by atoms with Gasteiger partial charge in [-0.2, -0.15) is 5.10 Å². The fourth-order valence-corrected chi connectivity index (χ4v) is 3.40. The molecule has 1 saturated carbocycles. The van der Waals surface area contributed by atoms with Gasteiger partial charge in [-0.3, -0.25) is 14.8 Å². The van der Waals surface area contributed by atoms with Crippen LogP contribution in [0.5, 0.6) is 0 Å². The largest absolute Gasteiger partial charge is 0.355 e. The average molecular weight is 305 g/mol. The molecule has 1 aromatic heterocycles. The van der Waals surface area contributed by atoms with Crippen LogP contribution >= 0.6 is 0 Å². The third kappa shape index (κ3) is 2.67. The van der Waals surface area contributed by atoms with Crippen molar-refractivity contribution in [1.29, 1.82) is 0 Å². The number of nitrogens with zero attached hydrogens (tertiary/aromatic N) is 3. The van der Waals surface area contributed by atoms with Crippen LogP contribution in [-0.2, 0) is 11.3 Å². The maximum atomic E-state index is 12.2. The molecule has 2 fully saturated rings. The molecule has 2 N–H and O–H groups in total. The minimum Gasteiger partial charge on any atom is -0.355 e. The number of piperidine rings is 1. The van der Waals surface area contributed by atoms with E-state index in [1.807, 2.05) is 11.8 Å². The van der Waals surface area contributed by atoms with Crippen molar-refractivity contribution in [3.05, 3.63) is 12.3 Å². The number of hydrogen-bond acceptors (Lipinski definition) is 3. The molecule has 0 aromatic carbocycles. The Kier molecular flexibility index (Phi) is 3.58. The molecule has 2 aliphatic rings. The molecule has 0 spiro atoms. The van der Waals surface area contributed by atoms with Gasteiger partial charge in [0.1, 0.15) is 6.54 Å². The average Bonchev–Trinajstić information content (AvgIpc) is 2.87. The summed E-state index contributed by atoms with van der Waals surface area (Å²) in [6.07, 6.45) is 1.69. The van der Waals surface area contributed by atoms with E-state index in [0.717, 1.165) is 13.1 Å². The molecule has 1 aliphatic carbocycles. The Bertz CT molecular complexity index is 581. The summed E-state index contributed by atoms with van der Waals surface area (Å²) in [6, 6.07) is 1.60. The van der Waals surface area contributed by atoms with E-state index in [0.29, 0.717) is 29.6 Å². The Labute approximate surface area is 130 Å². The molecular formula is C15H23N5O2. The fourth-order valence-electron chi connectivity index (χ4n) is 3.40. The number of anilines is 1. The quantitative estimate of drug-likeness (QED) is 0.875. The van der Waals surface area contributed by atoms with Gasteiger partial charge < -0.3 is 10.2 Å². The van der Waals surface area contributed by atoms with Gasteiger partial charge in [-0.25, -0.2) is 4.79 Å². The summed E-state index contributed by atoms with van der Waals surface area (Å²) >= 11 is 0. The summed E-state index contributed by atoms with van der Waals surface area (Å²) in [4.78, 5) is 25.6. The number of aromatic nitrogens is 2. The standard InChI is InChI=1S/C15H23N5O2/c1-4-16-13(21)9-20-6-5-12(18-20)17-14(22)19-7-10-11(8-19)15(10,2)3/h5-6,10-11H,4,7-9H2,1-3H3,(H,16,21)(H,17,18,22). The molecule has 120 valence electrons. The van der Waals surface area contributed by atoms with E-state index in [-0.39, 0.29) is 18.5 Å². The Hall–Kier alpha value is -2.05. The zero-order valence-electron chi connectivity index (χ0n) is 13.3. The molecule has 2 heterocycles. The molecule has 3 amide bonds. The van der Waals surface area contributed by atoms with Gasteiger partial charge in [-0.15, -0.1) is 0 Å². The Morgan fingerprint density at radius 3 is 2.68 bits per heavy atom. The summed E-state index contributed by atoms with van der Waals surface area (Å²) in [7, 11) is 0. The van der Waals surface area contributed by atoms with Gasteiger partial charge >= 0.3 is 6.03 Å². The van der Waals surface area contributed by atoms with Gasteiger partial charge in [-0.1, -0.05) is 13.8 Å². The Balaban J connectivity index is 1.51. The molecule has 2 unspecified atom stereocenters. The number of carbonyl (C=O) groups is 2. The zero-order valence-corrected chi connectivity index (χ0v) is 13.3. The smallest absolute Gasteiger partial charge is 0.323 e. The van der Waals surface area contributed by atoms with Crippen molar-refractivity contribution in [2.45, 2.75) is 27.3 Å². The highest BCUT2D eigenvalue weighted by Gasteiger charge is 2.62. The molecule has 3 rings (SSSR count). The Morgan fingerprint density at radius 1 is 1.36 bits per heavy atom. The maximum Gasteiger partial charge on any atom is 0.323 e. The highest BCUT2D eigenvalue weighted by molar-refractivity contribution is 5.88. The molecule has 1 aliphatic heterocycles. The number of carbonyl (C=O) groups excluding carboxylic acids is 2. The number of rotatable bonds is 4. The second kappa shape index (κ2) is 5.30. The number of fused-ring (bicyclic) bond motifs is 1. The summed E-state index contributed by atoms with van der Waals surface area (Å²) in [5, 5.41) is 9.71. The first-order chi connectivity index (χ1) is 10.4. The molecule has 0 bridgehead atoms. The van der Waals surface area contributed by atoms with Crippen molar-refractivity contribution in [2.75, 3.05) is 25.0 Å². The van der Waals surface area contributed by atoms with E-state index in [2.05, 4.69) is 29.6 Å². The Morgan fingerprint density at radius 2 is 2.05 bits per heavy atom. The number of likely N-dealkylation sites (tertiary alicyclic amines) is 1. The van der Waals surface area contributed by atoms with Gasteiger partial charge in [0.05, 0.1) is 0 Å². The molecule has 2 atom stereocenters. The van der Waals surface area contributed by atoms with Gasteiger partial charge in [0.25, 0.3) is 0 Å². The van der Waals surface area contributed by atoms with Crippen LogP contribution in [0.15, 0.2) is 12.3 Å². The van der Waals surface area contributed by atoms with Crippen molar-refractivity contribution in [1.82, 2.24) is 20.0 Å². The van der Waals surface area contributed by atoms with Crippen LogP contribution in [0.3, 0.4) is 0 Å². The van der Waals surface area contributed by atoms with E-state index in [1.165, 1.54) is 4.68 Å². The molecular weight excluding hydrogens is 282 g/mol. The first-order valence-corrected chi connectivity index (χ1v) is 7.78. The van der Waals surface area contributed by atoms with Gasteiger partial charge in [0, 0.05) is 31.9 Å². The van der Waals surface area contributed by atoms with Crippen molar-refractivity contribution in [3.63, 3.8) is 0 Å². The lowest BCUT2D eigenvalue weighted by Gasteiger charge is -2.21. The predicted molar refractivity (Wildman–Crippen MR) is 82.3 cm³/mol. The van der Waals surface area contributed by atoms with Crippen molar-refractivity contribution in [3.8, 4) is 0 Å². The normalized spacial score (nSPS) is 24.8. The summed E-state index contributed by atoms with van der Waals surface area (Å²) in [5.41, 5.74) is 0.394. The van der Waals surface area contributed by atoms with Gasteiger partial charge in [0.15, 0.2) is 5.82 Å². The minimum atomic E-state index is -0.105. The fraction of sp³-hybridized carbons (Fsp3) is 0.667. The first kappa shape index (κ1) is 14.9. The van der Waals surface area contributed by atoms with E-state index >= 15 is 0 Å². The monoisotopic (exact) mass is 305 g/mol. The maximum absolute atomic E-state index is 12.2. The van der Waals surface area contributed by atoms with Crippen LogP contribution in [0.2, 0.25) is 0 Å². The highest BCUT2D eigenvalue weighted by Crippen LogP contribution is 2.61. The highest BCUT2D eigenvalue weighted by atomic mass is 16.2. The van der Waals surface area contributed by atoms with E-state index in [9.17, 15) is 9.59 Å². The molecule has 22 heavy (non-hydrogen) atoms. The number of likely N-dealkylation sites (N-methyl/N-ethyl adjacent to an activating group) is 1. The van der Waals surface area contributed by atoms with Crippen molar-refractivity contribution in [2.24, 2.45) is 17.3 Å². The van der Waals surface area contributed by atoms with Crippen molar-refractivity contribution < 1.29 is 9.59 Å². The summed E-state index contributed by atoms with van der Waals surface area (Å²) in [6.45, 7) is 8.80. The van der Waals surface area contributed by atoms with Gasteiger partial charge in [0.2, 0.25) is 5.91 Å². The molecule has 7 nitrogen and oxygen atoms in total. The molecule has 1 aromatic rings. The summed E-state index contributed by atoms with van der Waals surface area (Å²) in [5.74, 6) is 1.65. The third-order valence-corrected chi connectivity index (χ3v) is 4.96. The van der Waals surface area contributed by atoms with Crippen LogP contribution in [0.25, 0.3) is 0 Å². The third-order valence-electron chi connectivity index (χ3n) is 4.96. The van der Waals surface area contributed by atoms with E-state index in [1.54, 1.807) is 12.3 Å². The number of amides is 3. The lowest BCUT2D eigenvalue weighted by Crippen LogP contribution is -2.36. The molecule has 7 heteroatoms. The van der Waals surface area contributed by atoms with E-state index in [4.69, 9.17) is 0 Å². The van der Waals surface area contributed by atoms with Crippen LogP contribution in [0.1, 0.15) is 20.8 Å². The predicted octanol–water partition coefficient (Wildman–Crippen LogP) is 1.14. The number of urea groups is 1. The van der Waals surface area contributed by atoms with Gasteiger partial charge in [-0.05, 0) is 24.2 Å². The van der Waals surface area contributed by atoms with E-state index < -0.39 is 0 Å². The van der Waals surface area contributed by atoms with Crippen LogP contribution in [0, 0.1) is 17.3 Å². The lowest BCUT2D eigenvalue weighted by atomic mass is 10.1. The second-order valence-corrected chi connectivity index (χ2v) is 6.72. The number of hydrogen-bond donors (Lipinski definition) is 2.